The molecule has 0 aliphatic carbocycles. The molecular weight excluding hydrogens is 625 g/mol. The number of ether oxygens (including phenoxy) is 1. The van der Waals surface area contributed by atoms with E-state index in [1.54, 1.807) is 0 Å². The van der Waals surface area contributed by atoms with E-state index in [0.29, 0.717) is 20.0 Å². The van der Waals surface area contributed by atoms with Gasteiger partial charge in [0.15, 0.2) is 28.1 Å². The summed E-state index contributed by atoms with van der Waals surface area (Å²) < 4.78 is 11.5. The maximum absolute atomic E-state index is 13.2. The summed E-state index contributed by atoms with van der Waals surface area (Å²) in [5.41, 5.74) is 1.26. The molecule has 3 aromatic heterocycles. The smallest absolute Gasteiger partial charge is 0.353 e. The van der Waals surface area contributed by atoms with Crippen molar-refractivity contribution in [3.05, 3.63) is 64.2 Å². The normalized spacial score (nSPS) is 18.2. The van der Waals surface area contributed by atoms with Gasteiger partial charge in [-0.2, -0.15) is 4.37 Å². The number of oxime groups is 1. The van der Waals surface area contributed by atoms with Crippen molar-refractivity contribution in [2.45, 2.75) is 22.4 Å². The molecule has 0 unspecified atom stereocenters. The average molecular weight is 646 g/mol. The minimum atomic E-state index is -1.25. The number of pyridine rings is 1. The van der Waals surface area contributed by atoms with Crippen LogP contribution < -0.4 is 9.88 Å². The highest BCUT2D eigenvalue weighted by Crippen LogP contribution is 2.46. The van der Waals surface area contributed by atoms with Crippen LogP contribution in [0.3, 0.4) is 0 Å². The van der Waals surface area contributed by atoms with Crippen LogP contribution in [0.2, 0.25) is 0 Å². The van der Waals surface area contributed by atoms with Gasteiger partial charge in [-0.25, -0.2) is 19.3 Å². The molecule has 2 aliphatic heterocycles. The maximum atomic E-state index is 13.2. The second-order valence-corrected chi connectivity index (χ2v) is 12.6. The number of hydrogen-bond acceptors (Lipinski definition) is 14. The third-order valence-electron chi connectivity index (χ3n) is 5.79. The molecule has 0 aromatic carbocycles. The van der Waals surface area contributed by atoms with Crippen LogP contribution in [0.1, 0.15) is 10.8 Å². The molecule has 5 heterocycles. The Morgan fingerprint density at radius 2 is 2.17 bits per heavy atom. The van der Waals surface area contributed by atoms with Gasteiger partial charge in [-0.05, 0) is 11.5 Å². The van der Waals surface area contributed by atoms with E-state index in [9.17, 15) is 19.5 Å². The molecule has 2 amide bonds. The summed E-state index contributed by atoms with van der Waals surface area (Å²) >= 11 is 4.86. The summed E-state index contributed by atoms with van der Waals surface area (Å²) in [6.07, 6.45) is 5.58. The third-order valence-corrected chi connectivity index (χ3v) is 9.96. The van der Waals surface area contributed by atoms with Crippen LogP contribution >= 0.6 is 46.4 Å². The molecule has 1 fully saturated rings. The first kappa shape index (κ1) is 29.4. The highest BCUT2D eigenvalue weighted by Gasteiger charge is 2.54. The number of thiazole rings is 1. The van der Waals surface area contributed by atoms with Crippen LogP contribution in [0, 0.1) is 5.41 Å². The maximum Gasteiger partial charge on any atom is 0.353 e. The third kappa shape index (κ3) is 6.06. The van der Waals surface area contributed by atoms with Gasteiger partial charge >= 0.3 is 5.97 Å². The summed E-state index contributed by atoms with van der Waals surface area (Å²) in [7, 11) is 1.92. The molecule has 2 atom stereocenters. The summed E-state index contributed by atoms with van der Waals surface area (Å²) in [4.78, 5) is 53.9. The molecule has 2 aliphatic rings. The van der Waals surface area contributed by atoms with Gasteiger partial charge in [-0.1, -0.05) is 23.5 Å². The lowest BCUT2D eigenvalue weighted by molar-refractivity contribution is -0.671. The fraction of sp³-hybridized carbons (Fsp3) is 0.208. The Morgan fingerprint density at radius 3 is 2.88 bits per heavy atom. The Kier molecular flexibility index (Phi) is 8.95. The van der Waals surface area contributed by atoms with Crippen molar-refractivity contribution in [1.29, 1.82) is 5.41 Å². The van der Waals surface area contributed by atoms with Gasteiger partial charge in [-0.15, -0.1) is 23.1 Å². The minimum Gasteiger partial charge on any atom is -0.477 e. The number of aliphatic carboxylic acids is 1. The van der Waals surface area contributed by atoms with Crippen molar-refractivity contribution >= 4 is 76.3 Å². The van der Waals surface area contributed by atoms with Crippen molar-refractivity contribution in [2.75, 3.05) is 5.75 Å². The predicted molar refractivity (Wildman–Crippen MR) is 156 cm³/mol. The molecular formula is C24H21N8O6S4+. The monoisotopic (exact) mass is 645 g/mol. The summed E-state index contributed by atoms with van der Waals surface area (Å²) in [6, 6.07) is 2.87. The number of thioether (sulfide) groups is 2. The summed E-state index contributed by atoms with van der Waals surface area (Å²) in [5, 5.41) is 24.9. The number of β-lactam (4-membered cyclic amide) rings is 1. The van der Waals surface area contributed by atoms with Gasteiger partial charge in [0, 0.05) is 33.7 Å². The van der Waals surface area contributed by atoms with Crippen LogP contribution in [-0.4, -0.2) is 71.4 Å². The summed E-state index contributed by atoms with van der Waals surface area (Å²) in [5.74, 6) is -2.39. The number of fused-ring (bicyclic) bond motifs is 1. The lowest BCUT2D eigenvalue weighted by Crippen LogP contribution is -2.71. The molecule has 0 radical (unpaired) electrons. The molecule has 5 rings (SSSR count). The first-order chi connectivity index (χ1) is 20.3. The van der Waals surface area contributed by atoms with Crippen molar-refractivity contribution < 1.29 is 33.6 Å². The van der Waals surface area contributed by atoms with Crippen molar-refractivity contribution in [2.24, 2.45) is 12.2 Å². The highest BCUT2D eigenvalue weighted by molar-refractivity contribution is 8.07. The summed E-state index contributed by atoms with van der Waals surface area (Å²) in [6.45, 7) is 3.37. The minimum absolute atomic E-state index is 0.0226. The Morgan fingerprint density at radius 1 is 1.38 bits per heavy atom. The van der Waals surface area contributed by atoms with Crippen molar-refractivity contribution in [3.63, 3.8) is 0 Å². The SMILES string of the molecule is C=CO/N=C(\C(=O)N[C@@H]1C(=O)N2C(C(=O)O)=C(Sc3nc(-c4cc[n+](C)cc4)cs3)CS[C@H]12)c1nsc(COC=N)n1. The number of aromatic nitrogens is 4. The van der Waals surface area contributed by atoms with E-state index in [0.717, 1.165) is 35.5 Å². The van der Waals surface area contributed by atoms with Crippen molar-refractivity contribution in [1.82, 2.24) is 24.6 Å². The fourth-order valence-electron chi connectivity index (χ4n) is 3.89. The number of nitrogens with one attached hydrogen (secondary N) is 2. The van der Waals surface area contributed by atoms with Gasteiger partial charge in [-0.3, -0.25) is 19.9 Å². The van der Waals surface area contributed by atoms with Gasteiger partial charge in [0.1, 0.15) is 37.0 Å². The highest BCUT2D eigenvalue weighted by atomic mass is 32.2. The molecule has 18 heteroatoms. The second kappa shape index (κ2) is 12.8. The van der Waals surface area contributed by atoms with Crippen LogP contribution in [0.4, 0.5) is 0 Å². The van der Waals surface area contributed by atoms with E-state index < -0.39 is 29.2 Å². The topological polar surface area (TPSA) is 184 Å². The molecule has 14 nitrogen and oxygen atoms in total. The van der Waals surface area contributed by atoms with E-state index in [1.807, 2.05) is 41.5 Å². The number of amides is 2. The van der Waals surface area contributed by atoms with Crippen LogP contribution in [0.5, 0.6) is 0 Å². The Hall–Kier alpha value is -4.13. The number of nitrogens with zero attached hydrogens (tertiary/aromatic N) is 6. The number of rotatable bonds is 12. The van der Waals surface area contributed by atoms with E-state index in [2.05, 4.69) is 31.4 Å². The number of carboxylic acid groups (broad SMARTS) is 1. The lowest BCUT2D eigenvalue weighted by Gasteiger charge is -2.49. The zero-order valence-corrected chi connectivity index (χ0v) is 24.9. The average Bonchev–Trinajstić information content (AvgIpc) is 3.65. The van der Waals surface area contributed by atoms with E-state index >= 15 is 0 Å². The predicted octanol–water partition coefficient (Wildman–Crippen LogP) is 1.96. The van der Waals surface area contributed by atoms with Crippen LogP contribution in [0.15, 0.2) is 62.8 Å². The molecule has 0 bridgehead atoms. The van der Waals surface area contributed by atoms with Gasteiger partial charge in [0.05, 0.1) is 5.69 Å². The molecule has 3 N–H and O–H groups in total. The van der Waals surface area contributed by atoms with Gasteiger partial charge in [0.2, 0.25) is 11.5 Å². The number of carbonyl (C=O) groups excluding carboxylic acids is 2. The number of carbonyl (C=O) groups is 3. The Balaban J connectivity index is 1.31. The lowest BCUT2D eigenvalue weighted by atomic mass is 10.0. The molecule has 0 spiro atoms. The molecule has 0 saturated carbocycles. The Labute approximate surface area is 254 Å². The van der Waals surface area contributed by atoms with Crippen LogP contribution in [-0.2, 0) is 37.6 Å². The zero-order valence-electron chi connectivity index (χ0n) is 21.6. The number of hydrogen-bond donors (Lipinski definition) is 3. The Bertz CT molecular complexity index is 1620. The van der Waals surface area contributed by atoms with Gasteiger partial charge < -0.3 is 20.0 Å². The first-order valence-electron chi connectivity index (χ1n) is 11.9. The molecule has 3 aromatic rings. The first-order valence-corrected chi connectivity index (χ1v) is 15.4. The molecule has 1 saturated heterocycles. The van der Waals surface area contributed by atoms with E-state index in [-0.39, 0.29) is 23.8 Å². The fourth-order valence-corrected chi connectivity index (χ4v) is 7.92. The largest absolute Gasteiger partial charge is 0.477 e. The van der Waals surface area contributed by atoms with E-state index in [4.69, 9.17) is 15.0 Å². The van der Waals surface area contributed by atoms with E-state index in [1.165, 1.54) is 39.8 Å². The van der Waals surface area contributed by atoms with Gasteiger partial charge in [0.25, 0.3) is 11.8 Å². The molecule has 42 heavy (non-hydrogen) atoms. The van der Waals surface area contributed by atoms with Crippen molar-refractivity contribution in [3.8, 4) is 11.3 Å². The standard InChI is InChI=1S/C24H20N8O6S4/c1-3-38-29-16(19-27-15(42-30-19)8-37-11-25)20(33)28-17-21(34)32-18(23(35)36)14(10-39-22(17)32)41-24-26-13(9-40-24)12-4-6-31(2)7-5-12/h3-7,9,11,17,22,25H,1,8,10H2,2H3,(H-,28,33,35,36)/p+1/b25-11?,29-16-/t17-,22-/m1/s1. The second-order valence-electron chi connectivity index (χ2n) is 8.44. The van der Waals surface area contributed by atoms with Crippen LogP contribution in [0.25, 0.3) is 11.3 Å². The quantitative estimate of drug-likeness (QED) is 0.0653. The number of aryl methyl sites for hydroxylation is 1. The molecule has 216 valence electrons. The number of carboxylic acids is 1. The zero-order chi connectivity index (χ0) is 29.8.